The Hall–Kier alpha value is -2.64. The summed E-state index contributed by atoms with van der Waals surface area (Å²) in [7, 11) is 0. The summed E-state index contributed by atoms with van der Waals surface area (Å²) in [5.41, 5.74) is 2.54. The van der Waals surface area contributed by atoms with Gasteiger partial charge in [-0.15, -0.1) is 0 Å². The molecule has 0 fully saturated rings. The number of hydrogen-bond donors (Lipinski definition) is 3. The van der Waals surface area contributed by atoms with Crippen LogP contribution in [-0.2, 0) is 6.54 Å². The van der Waals surface area contributed by atoms with Crippen molar-refractivity contribution in [2.45, 2.75) is 12.6 Å². The van der Waals surface area contributed by atoms with E-state index in [-0.39, 0.29) is 12.6 Å². The molecule has 0 radical (unpaired) electrons. The van der Waals surface area contributed by atoms with E-state index in [2.05, 4.69) is 15.7 Å². The van der Waals surface area contributed by atoms with Crippen LogP contribution in [-0.4, -0.2) is 27.5 Å². The number of amides is 2. The van der Waals surface area contributed by atoms with Gasteiger partial charge in [-0.2, -0.15) is 16.4 Å². The zero-order valence-corrected chi connectivity index (χ0v) is 13.7. The first-order valence-corrected chi connectivity index (χ1v) is 8.46. The molecule has 0 unspecified atom stereocenters. The van der Waals surface area contributed by atoms with Crippen molar-refractivity contribution in [2.75, 3.05) is 11.9 Å². The summed E-state index contributed by atoms with van der Waals surface area (Å²) in [5.74, 6) is 0. The van der Waals surface area contributed by atoms with Gasteiger partial charge in [0.15, 0.2) is 0 Å². The van der Waals surface area contributed by atoms with Crippen LogP contribution in [0.3, 0.4) is 0 Å². The molecule has 6 nitrogen and oxygen atoms in total. The third kappa shape index (κ3) is 4.43. The number of aromatic nitrogens is 2. The predicted octanol–water partition coefficient (Wildman–Crippen LogP) is 2.85. The Kier molecular flexibility index (Phi) is 5.25. The number of aliphatic hydroxyl groups is 1. The highest BCUT2D eigenvalue weighted by Gasteiger charge is 2.10. The van der Waals surface area contributed by atoms with Crippen LogP contribution in [0, 0.1) is 0 Å². The number of carbonyl (C=O) groups is 1. The standard InChI is InChI=1S/C17H18N4O2S/c22-16(14-6-7-24-12-14)9-18-17(23)20-15-8-19-21(11-15)10-13-4-2-1-3-5-13/h1-8,11-12,16,22H,9-10H2,(H2,18,20,23)/t16-/m1/s1. The number of carbonyl (C=O) groups excluding carboxylic acids is 1. The van der Waals surface area contributed by atoms with E-state index in [1.165, 1.54) is 11.3 Å². The lowest BCUT2D eigenvalue weighted by Crippen LogP contribution is -2.32. The van der Waals surface area contributed by atoms with Crippen molar-refractivity contribution in [3.05, 3.63) is 70.7 Å². The molecule has 2 aromatic heterocycles. The van der Waals surface area contributed by atoms with Gasteiger partial charge in [0.2, 0.25) is 0 Å². The summed E-state index contributed by atoms with van der Waals surface area (Å²) in [4.78, 5) is 11.9. The van der Waals surface area contributed by atoms with Crippen LogP contribution < -0.4 is 10.6 Å². The second-order valence-electron chi connectivity index (χ2n) is 5.32. The van der Waals surface area contributed by atoms with Gasteiger partial charge < -0.3 is 15.7 Å². The summed E-state index contributed by atoms with van der Waals surface area (Å²) < 4.78 is 1.76. The van der Waals surface area contributed by atoms with Crippen molar-refractivity contribution >= 4 is 23.1 Å². The van der Waals surface area contributed by atoms with E-state index in [4.69, 9.17) is 0 Å². The fraction of sp³-hybridized carbons (Fsp3) is 0.176. The second kappa shape index (κ2) is 7.76. The fourth-order valence-electron chi connectivity index (χ4n) is 2.23. The van der Waals surface area contributed by atoms with Crippen molar-refractivity contribution in [3.63, 3.8) is 0 Å². The zero-order valence-electron chi connectivity index (χ0n) is 12.9. The van der Waals surface area contributed by atoms with E-state index in [1.54, 1.807) is 17.1 Å². The summed E-state index contributed by atoms with van der Waals surface area (Å²) in [6.07, 6.45) is 2.66. The van der Waals surface area contributed by atoms with Gasteiger partial charge in [-0.3, -0.25) is 4.68 Å². The van der Waals surface area contributed by atoms with Gasteiger partial charge in [-0.25, -0.2) is 4.79 Å². The number of hydrogen-bond acceptors (Lipinski definition) is 4. The lowest BCUT2D eigenvalue weighted by molar-refractivity contribution is 0.175. The molecule has 124 valence electrons. The van der Waals surface area contributed by atoms with E-state index in [0.29, 0.717) is 12.2 Å². The van der Waals surface area contributed by atoms with Crippen molar-refractivity contribution in [3.8, 4) is 0 Å². The lowest BCUT2D eigenvalue weighted by Gasteiger charge is -2.10. The molecule has 1 atom stereocenters. The molecule has 0 spiro atoms. The monoisotopic (exact) mass is 342 g/mol. The third-order valence-corrected chi connectivity index (χ3v) is 4.16. The summed E-state index contributed by atoms with van der Waals surface area (Å²) in [6.45, 7) is 0.793. The molecule has 3 rings (SSSR count). The molecule has 3 N–H and O–H groups in total. The van der Waals surface area contributed by atoms with E-state index < -0.39 is 6.10 Å². The highest BCUT2D eigenvalue weighted by Crippen LogP contribution is 2.15. The molecule has 24 heavy (non-hydrogen) atoms. The largest absolute Gasteiger partial charge is 0.387 e. The average molecular weight is 342 g/mol. The van der Waals surface area contributed by atoms with Crippen LogP contribution in [0.15, 0.2) is 59.6 Å². The second-order valence-corrected chi connectivity index (χ2v) is 6.10. The number of nitrogens with zero attached hydrogens (tertiary/aromatic N) is 2. The Morgan fingerprint density at radius 1 is 1.29 bits per heavy atom. The van der Waals surface area contributed by atoms with Crippen molar-refractivity contribution in [1.82, 2.24) is 15.1 Å². The maximum absolute atomic E-state index is 11.9. The molecular weight excluding hydrogens is 324 g/mol. The quantitative estimate of drug-likeness (QED) is 0.644. The van der Waals surface area contributed by atoms with Gasteiger partial charge in [0.1, 0.15) is 0 Å². The maximum atomic E-state index is 11.9. The SMILES string of the molecule is O=C(NC[C@@H](O)c1ccsc1)Nc1cnn(Cc2ccccc2)c1. The number of nitrogens with one attached hydrogen (secondary N) is 2. The number of rotatable bonds is 6. The third-order valence-electron chi connectivity index (χ3n) is 3.46. The molecule has 0 aliphatic rings. The van der Waals surface area contributed by atoms with E-state index in [0.717, 1.165) is 11.1 Å². The van der Waals surface area contributed by atoms with Crippen LogP contribution in [0.4, 0.5) is 10.5 Å². The molecule has 0 saturated heterocycles. The minimum Gasteiger partial charge on any atom is -0.387 e. The van der Waals surface area contributed by atoms with Crippen LogP contribution in [0.2, 0.25) is 0 Å². The average Bonchev–Trinajstić information content (AvgIpc) is 3.26. The molecule has 1 aromatic carbocycles. The Morgan fingerprint density at radius 2 is 2.12 bits per heavy atom. The van der Waals surface area contributed by atoms with Gasteiger partial charge >= 0.3 is 6.03 Å². The Morgan fingerprint density at radius 3 is 2.88 bits per heavy atom. The van der Waals surface area contributed by atoms with E-state index >= 15 is 0 Å². The molecule has 7 heteroatoms. The Balaban J connectivity index is 1.48. The van der Waals surface area contributed by atoms with Crippen molar-refractivity contribution in [2.24, 2.45) is 0 Å². The summed E-state index contributed by atoms with van der Waals surface area (Å²) in [5, 5.41) is 23.3. The van der Waals surface area contributed by atoms with Gasteiger partial charge in [0, 0.05) is 12.7 Å². The van der Waals surface area contributed by atoms with E-state index in [9.17, 15) is 9.90 Å². The molecule has 2 heterocycles. The summed E-state index contributed by atoms with van der Waals surface area (Å²) >= 11 is 1.51. The van der Waals surface area contributed by atoms with Crippen LogP contribution >= 0.6 is 11.3 Å². The van der Waals surface area contributed by atoms with Crippen LogP contribution in [0.1, 0.15) is 17.2 Å². The molecule has 3 aromatic rings. The smallest absolute Gasteiger partial charge is 0.319 e. The first-order chi connectivity index (χ1) is 11.7. The topological polar surface area (TPSA) is 79.2 Å². The number of aliphatic hydroxyl groups excluding tert-OH is 1. The van der Waals surface area contributed by atoms with Crippen molar-refractivity contribution < 1.29 is 9.90 Å². The van der Waals surface area contributed by atoms with Gasteiger partial charge in [-0.05, 0) is 28.0 Å². The van der Waals surface area contributed by atoms with Crippen LogP contribution in [0.25, 0.3) is 0 Å². The minimum atomic E-state index is -0.706. The molecular formula is C17H18N4O2S. The number of thiophene rings is 1. The number of anilines is 1. The Bertz CT molecular complexity index is 771. The van der Waals surface area contributed by atoms with E-state index in [1.807, 2.05) is 47.2 Å². The maximum Gasteiger partial charge on any atom is 0.319 e. The molecule has 0 saturated carbocycles. The first kappa shape index (κ1) is 16.2. The van der Waals surface area contributed by atoms with Crippen molar-refractivity contribution in [1.29, 1.82) is 0 Å². The lowest BCUT2D eigenvalue weighted by atomic mass is 10.2. The highest BCUT2D eigenvalue weighted by atomic mass is 32.1. The highest BCUT2D eigenvalue weighted by molar-refractivity contribution is 7.07. The first-order valence-electron chi connectivity index (χ1n) is 7.52. The number of benzene rings is 1. The molecule has 0 aliphatic carbocycles. The zero-order chi connectivity index (χ0) is 16.8. The fourth-order valence-corrected chi connectivity index (χ4v) is 2.94. The van der Waals surface area contributed by atoms with Gasteiger partial charge in [0.05, 0.1) is 24.5 Å². The summed E-state index contributed by atoms with van der Waals surface area (Å²) in [6, 6.07) is 11.4. The van der Waals surface area contributed by atoms with Gasteiger partial charge in [0.25, 0.3) is 0 Å². The molecule has 0 aliphatic heterocycles. The van der Waals surface area contributed by atoms with Crippen LogP contribution in [0.5, 0.6) is 0 Å². The normalized spacial score (nSPS) is 11.9. The predicted molar refractivity (Wildman–Crippen MR) is 94.1 cm³/mol. The molecule has 0 bridgehead atoms. The molecule has 2 amide bonds. The number of urea groups is 1. The Labute approximate surface area is 143 Å². The minimum absolute atomic E-state index is 0.153. The van der Waals surface area contributed by atoms with Gasteiger partial charge in [-0.1, -0.05) is 30.3 Å².